The maximum Gasteiger partial charge on any atom is 0.271 e. The zero-order chi connectivity index (χ0) is 19.8. The molecular weight excluding hydrogens is 390 g/mol. The lowest BCUT2D eigenvalue weighted by Crippen LogP contribution is -2.46. The summed E-state index contributed by atoms with van der Waals surface area (Å²) in [5.74, 6) is 0.142. The van der Waals surface area contributed by atoms with Crippen LogP contribution in [0.5, 0.6) is 0 Å². The highest BCUT2D eigenvalue weighted by Gasteiger charge is 2.27. The first-order valence-electron chi connectivity index (χ1n) is 8.61. The van der Waals surface area contributed by atoms with Gasteiger partial charge in [0.2, 0.25) is 10.0 Å². The molecular formula is C17H22ClN5O3S. The molecule has 146 valence electrons. The number of amides is 1. The number of carbonyl (C=O) groups is 1. The van der Waals surface area contributed by atoms with E-state index in [1.54, 1.807) is 16.8 Å². The van der Waals surface area contributed by atoms with Crippen LogP contribution in [-0.2, 0) is 10.0 Å². The normalized spacial score (nSPS) is 16.4. The van der Waals surface area contributed by atoms with Crippen molar-refractivity contribution in [3.05, 3.63) is 40.3 Å². The molecule has 8 nitrogen and oxygen atoms in total. The van der Waals surface area contributed by atoms with Gasteiger partial charge in [0.1, 0.15) is 5.69 Å². The van der Waals surface area contributed by atoms with E-state index in [1.807, 2.05) is 19.9 Å². The molecule has 1 fully saturated rings. The monoisotopic (exact) mass is 411 g/mol. The van der Waals surface area contributed by atoms with Crippen molar-refractivity contribution < 1.29 is 13.2 Å². The summed E-state index contributed by atoms with van der Waals surface area (Å²) in [5, 5.41) is 7.54. The number of nitrogens with one attached hydrogen (secondary N) is 1. The fraction of sp³-hybridized carbons (Fsp3) is 0.471. The Hall–Kier alpha value is -1.97. The van der Waals surface area contributed by atoms with E-state index in [1.165, 1.54) is 10.6 Å². The molecule has 0 aliphatic carbocycles. The zero-order valence-electron chi connectivity index (χ0n) is 15.4. The molecule has 27 heavy (non-hydrogen) atoms. The molecule has 0 atom stereocenters. The summed E-state index contributed by atoms with van der Waals surface area (Å²) in [6, 6.07) is 5.14. The second-order valence-corrected chi connectivity index (χ2v) is 9.14. The molecule has 2 aromatic rings. The minimum absolute atomic E-state index is 0.120. The minimum Gasteiger partial charge on any atom is -0.348 e. The Morgan fingerprint density at radius 1 is 1.26 bits per heavy atom. The molecule has 1 saturated heterocycles. The number of halogens is 1. The summed E-state index contributed by atoms with van der Waals surface area (Å²) in [6.07, 6.45) is 2.29. The number of sulfonamides is 1. The predicted octanol–water partition coefficient (Wildman–Crippen LogP) is 1.69. The number of aryl methyl sites for hydroxylation is 2. The van der Waals surface area contributed by atoms with Gasteiger partial charge in [-0.3, -0.25) is 4.79 Å². The first-order chi connectivity index (χ1) is 12.6. The quantitative estimate of drug-likeness (QED) is 0.825. The molecule has 0 aromatic carbocycles. The Morgan fingerprint density at radius 2 is 1.93 bits per heavy atom. The Morgan fingerprint density at radius 3 is 2.48 bits per heavy atom. The molecule has 1 aliphatic heterocycles. The van der Waals surface area contributed by atoms with Crippen molar-refractivity contribution in [1.82, 2.24) is 24.4 Å². The van der Waals surface area contributed by atoms with Gasteiger partial charge in [0, 0.05) is 24.8 Å². The average Bonchev–Trinajstić information content (AvgIpc) is 2.93. The number of nitrogens with zero attached hydrogens (tertiary/aromatic N) is 4. The van der Waals surface area contributed by atoms with Gasteiger partial charge in [-0.2, -0.15) is 5.10 Å². The molecule has 1 aliphatic rings. The van der Waals surface area contributed by atoms with Gasteiger partial charge in [-0.1, -0.05) is 11.6 Å². The minimum atomic E-state index is -3.20. The van der Waals surface area contributed by atoms with Gasteiger partial charge < -0.3 is 5.32 Å². The fourth-order valence-electron chi connectivity index (χ4n) is 3.16. The van der Waals surface area contributed by atoms with E-state index < -0.39 is 10.0 Å². The van der Waals surface area contributed by atoms with Crippen LogP contribution in [0.4, 0.5) is 0 Å². The van der Waals surface area contributed by atoms with Gasteiger partial charge in [0.25, 0.3) is 5.91 Å². The highest BCUT2D eigenvalue weighted by Crippen LogP contribution is 2.19. The second kappa shape index (κ2) is 7.57. The molecule has 3 heterocycles. The number of hydrogen-bond donors (Lipinski definition) is 1. The molecule has 2 aromatic heterocycles. The summed E-state index contributed by atoms with van der Waals surface area (Å²) in [4.78, 5) is 17.1. The predicted molar refractivity (Wildman–Crippen MR) is 103 cm³/mol. The third-order valence-electron chi connectivity index (χ3n) is 4.53. The van der Waals surface area contributed by atoms with Gasteiger partial charge in [-0.25, -0.2) is 22.4 Å². The van der Waals surface area contributed by atoms with Crippen LogP contribution < -0.4 is 5.32 Å². The maximum atomic E-state index is 12.7. The number of pyridine rings is 1. The van der Waals surface area contributed by atoms with Gasteiger partial charge in [0.05, 0.1) is 17.0 Å². The summed E-state index contributed by atoms with van der Waals surface area (Å²) in [5.41, 5.74) is 1.89. The SMILES string of the molecule is Cc1cc(C)n(-c2ccc(Cl)c(C(=O)NC3CCN(S(C)(=O)=O)CC3)n2)n1. The van der Waals surface area contributed by atoms with E-state index >= 15 is 0 Å². The molecule has 0 spiro atoms. The van der Waals surface area contributed by atoms with Crippen LogP contribution >= 0.6 is 11.6 Å². The van der Waals surface area contributed by atoms with E-state index in [-0.39, 0.29) is 22.7 Å². The van der Waals surface area contributed by atoms with Crippen LogP contribution in [0.25, 0.3) is 5.82 Å². The third-order valence-corrected chi connectivity index (χ3v) is 6.14. The zero-order valence-corrected chi connectivity index (χ0v) is 17.0. The van der Waals surface area contributed by atoms with Crippen molar-refractivity contribution in [3.8, 4) is 5.82 Å². The second-order valence-electron chi connectivity index (χ2n) is 6.75. The number of rotatable bonds is 4. The van der Waals surface area contributed by atoms with Crippen LogP contribution in [0, 0.1) is 13.8 Å². The molecule has 1 N–H and O–H groups in total. The summed E-state index contributed by atoms with van der Waals surface area (Å²) in [7, 11) is -3.20. The van der Waals surface area contributed by atoms with E-state index in [0.29, 0.717) is 31.7 Å². The van der Waals surface area contributed by atoms with Crippen molar-refractivity contribution in [2.24, 2.45) is 0 Å². The largest absolute Gasteiger partial charge is 0.348 e. The summed E-state index contributed by atoms with van der Waals surface area (Å²) < 4.78 is 26.3. The Labute approximate surface area is 163 Å². The van der Waals surface area contributed by atoms with Crippen molar-refractivity contribution in [2.45, 2.75) is 32.7 Å². The smallest absolute Gasteiger partial charge is 0.271 e. The first kappa shape index (κ1) is 19.8. The highest BCUT2D eigenvalue weighted by molar-refractivity contribution is 7.88. The molecule has 0 unspecified atom stereocenters. The number of hydrogen-bond acceptors (Lipinski definition) is 5. The highest BCUT2D eigenvalue weighted by atomic mass is 35.5. The molecule has 1 amide bonds. The van der Waals surface area contributed by atoms with Gasteiger partial charge in [-0.05, 0) is 44.9 Å². The third kappa shape index (κ3) is 4.48. The van der Waals surface area contributed by atoms with Crippen LogP contribution in [0.2, 0.25) is 5.02 Å². The lowest BCUT2D eigenvalue weighted by molar-refractivity contribution is 0.0919. The van der Waals surface area contributed by atoms with Crippen LogP contribution in [-0.4, -0.2) is 58.8 Å². The lowest BCUT2D eigenvalue weighted by atomic mass is 10.1. The molecule has 10 heteroatoms. The Balaban J connectivity index is 1.74. The topological polar surface area (TPSA) is 97.2 Å². The van der Waals surface area contributed by atoms with E-state index in [0.717, 1.165) is 11.4 Å². The molecule has 0 bridgehead atoms. The van der Waals surface area contributed by atoms with E-state index in [4.69, 9.17) is 11.6 Å². The average molecular weight is 412 g/mol. The first-order valence-corrected chi connectivity index (χ1v) is 10.8. The fourth-order valence-corrected chi connectivity index (χ4v) is 4.22. The summed E-state index contributed by atoms with van der Waals surface area (Å²) in [6.45, 7) is 4.56. The molecule has 3 rings (SSSR count). The Bertz CT molecular complexity index is 965. The van der Waals surface area contributed by atoms with Crippen molar-refractivity contribution in [1.29, 1.82) is 0 Å². The number of carbonyl (C=O) groups excluding carboxylic acids is 1. The Kier molecular flexibility index (Phi) is 5.55. The number of piperidine rings is 1. The van der Waals surface area contributed by atoms with Crippen molar-refractivity contribution in [2.75, 3.05) is 19.3 Å². The molecule has 0 saturated carbocycles. The number of aromatic nitrogens is 3. The lowest BCUT2D eigenvalue weighted by Gasteiger charge is -2.30. The van der Waals surface area contributed by atoms with Gasteiger partial charge in [-0.15, -0.1) is 0 Å². The molecule has 0 radical (unpaired) electrons. The standard InChI is InChI=1S/C17H22ClN5O3S/c1-11-10-12(2)23(21-11)15-5-4-14(18)16(20-15)17(24)19-13-6-8-22(9-7-13)27(3,25)26/h4-5,10,13H,6-9H2,1-3H3,(H,19,24). The van der Waals surface area contributed by atoms with Crippen LogP contribution in [0.1, 0.15) is 34.7 Å². The van der Waals surface area contributed by atoms with E-state index in [9.17, 15) is 13.2 Å². The van der Waals surface area contributed by atoms with Gasteiger partial charge >= 0.3 is 0 Å². The van der Waals surface area contributed by atoms with Crippen molar-refractivity contribution in [3.63, 3.8) is 0 Å². The van der Waals surface area contributed by atoms with E-state index in [2.05, 4.69) is 15.4 Å². The van der Waals surface area contributed by atoms with Gasteiger partial charge in [0.15, 0.2) is 5.82 Å². The summed E-state index contributed by atoms with van der Waals surface area (Å²) >= 11 is 6.18. The van der Waals surface area contributed by atoms with Crippen LogP contribution in [0.3, 0.4) is 0 Å². The van der Waals surface area contributed by atoms with Crippen LogP contribution in [0.15, 0.2) is 18.2 Å². The van der Waals surface area contributed by atoms with Crippen molar-refractivity contribution >= 4 is 27.5 Å². The maximum absolute atomic E-state index is 12.7.